The molecule has 1 aliphatic rings. The quantitative estimate of drug-likeness (QED) is 0.625. The predicted octanol–water partition coefficient (Wildman–Crippen LogP) is 2.77. The summed E-state index contributed by atoms with van der Waals surface area (Å²) in [5.41, 5.74) is -3.08. The van der Waals surface area contributed by atoms with Gasteiger partial charge in [0.05, 0.1) is 12.2 Å². The fourth-order valence-corrected chi connectivity index (χ4v) is 2.07. The van der Waals surface area contributed by atoms with Gasteiger partial charge in [-0.3, -0.25) is 4.90 Å². The van der Waals surface area contributed by atoms with E-state index in [1.54, 1.807) is 0 Å². The molecule has 1 unspecified atom stereocenters. The van der Waals surface area contributed by atoms with Crippen LogP contribution in [-0.4, -0.2) is 18.8 Å². The number of anilines is 1. The molecule has 7 heteroatoms. The molecule has 3 nitrogen and oxygen atoms in total. The molecule has 0 saturated heterocycles. The van der Waals surface area contributed by atoms with Crippen molar-refractivity contribution in [2.75, 3.05) is 11.4 Å². The van der Waals surface area contributed by atoms with E-state index in [1.807, 2.05) is 5.32 Å². The lowest BCUT2D eigenvalue weighted by molar-refractivity contribution is -0.192. The summed E-state index contributed by atoms with van der Waals surface area (Å²) in [5.74, 6) is 1.36. The highest BCUT2D eigenvalue weighted by Crippen LogP contribution is 2.45. The fourth-order valence-electron chi connectivity index (χ4n) is 2.07. The van der Waals surface area contributed by atoms with Gasteiger partial charge >= 0.3 is 12.2 Å². The molecule has 2 rings (SSSR count). The Hall–Kier alpha value is -2.23. The fraction of sp³-hybridized carbons (Fsp3) is 0.308. The van der Waals surface area contributed by atoms with Crippen LogP contribution in [0.4, 0.5) is 28.0 Å². The average Bonchev–Trinajstić information content (AvgIpc) is 2.33. The van der Waals surface area contributed by atoms with Gasteiger partial charge in [0.25, 0.3) is 0 Å². The number of urea groups is 1. The Balaban J connectivity index is 2.69. The number of alkyl halides is 3. The molecule has 0 bridgehead atoms. The monoisotopic (exact) mass is 286 g/mol. The van der Waals surface area contributed by atoms with E-state index in [9.17, 15) is 22.4 Å². The summed E-state index contributed by atoms with van der Waals surface area (Å²) in [6, 6.07) is 1.88. The third kappa shape index (κ3) is 1.97. The number of hydrogen-bond donors (Lipinski definition) is 1. The minimum atomic E-state index is -4.77. The first-order valence-electron chi connectivity index (χ1n) is 5.60. The van der Waals surface area contributed by atoms with Crippen molar-refractivity contribution >= 4 is 11.7 Å². The van der Waals surface area contributed by atoms with Gasteiger partial charge in [0.15, 0.2) is 5.54 Å². The van der Waals surface area contributed by atoms with E-state index in [1.165, 1.54) is 0 Å². The van der Waals surface area contributed by atoms with Crippen molar-refractivity contribution < 1.29 is 22.4 Å². The van der Waals surface area contributed by atoms with Crippen LogP contribution in [-0.2, 0) is 5.54 Å². The van der Waals surface area contributed by atoms with Crippen LogP contribution in [0.5, 0.6) is 0 Å². The van der Waals surface area contributed by atoms with Gasteiger partial charge in [0, 0.05) is 5.56 Å². The standard InChI is InChI=1S/C13H10F4N2O/c1-3-6-19-10-5-4-8(14)7-9(10)12(2,13(15,16)17)18-11(19)20/h1,4-5,7H,6H2,2H3,(H,18,20). The third-order valence-electron chi connectivity index (χ3n) is 3.21. The van der Waals surface area contributed by atoms with Gasteiger partial charge in [0.2, 0.25) is 0 Å². The number of carbonyl (C=O) groups is 1. The Bertz CT molecular complexity index is 605. The Morgan fingerprint density at radius 3 is 2.65 bits per heavy atom. The molecule has 1 atom stereocenters. The van der Waals surface area contributed by atoms with E-state index in [-0.39, 0.29) is 17.8 Å². The van der Waals surface area contributed by atoms with Gasteiger partial charge in [-0.2, -0.15) is 13.2 Å². The summed E-state index contributed by atoms with van der Waals surface area (Å²) >= 11 is 0. The summed E-state index contributed by atoms with van der Waals surface area (Å²) in [4.78, 5) is 12.8. The summed E-state index contributed by atoms with van der Waals surface area (Å²) in [6.45, 7) is 0.578. The van der Waals surface area contributed by atoms with Crippen LogP contribution in [0.25, 0.3) is 0 Å². The molecule has 0 saturated carbocycles. The lowest BCUT2D eigenvalue weighted by Gasteiger charge is -2.42. The number of nitrogens with one attached hydrogen (secondary N) is 1. The van der Waals surface area contributed by atoms with Crippen LogP contribution in [0.1, 0.15) is 12.5 Å². The van der Waals surface area contributed by atoms with Crippen molar-refractivity contribution in [2.45, 2.75) is 18.6 Å². The van der Waals surface area contributed by atoms with Gasteiger partial charge in [-0.05, 0) is 25.1 Å². The lowest BCUT2D eigenvalue weighted by Crippen LogP contribution is -2.61. The molecule has 1 aromatic rings. The lowest BCUT2D eigenvalue weighted by atomic mass is 9.87. The highest BCUT2D eigenvalue weighted by Gasteiger charge is 2.57. The molecule has 0 spiro atoms. The van der Waals surface area contributed by atoms with Crippen molar-refractivity contribution in [3.05, 3.63) is 29.6 Å². The molecule has 1 aliphatic heterocycles. The van der Waals surface area contributed by atoms with Gasteiger partial charge in [-0.25, -0.2) is 9.18 Å². The molecule has 1 heterocycles. The third-order valence-corrected chi connectivity index (χ3v) is 3.21. The number of hydrogen-bond acceptors (Lipinski definition) is 1. The predicted molar refractivity (Wildman–Crippen MR) is 64.5 cm³/mol. The Kier molecular flexibility index (Phi) is 3.12. The molecular formula is C13H10F4N2O. The van der Waals surface area contributed by atoms with Crippen molar-refractivity contribution in [3.8, 4) is 12.3 Å². The summed E-state index contributed by atoms with van der Waals surface area (Å²) < 4.78 is 53.0. The zero-order valence-corrected chi connectivity index (χ0v) is 10.4. The van der Waals surface area contributed by atoms with Crippen LogP contribution in [0, 0.1) is 18.2 Å². The second-order valence-corrected chi connectivity index (χ2v) is 4.50. The number of terminal acetylenes is 1. The van der Waals surface area contributed by atoms with E-state index >= 15 is 0 Å². The van der Waals surface area contributed by atoms with E-state index in [4.69, 9.17) is 6.42 Å². The van der Waals surface area contributed by atoms with E-state index in [0.717, 1.165) is 30.0 Å². The minimum absolute atomic E-state index is 0.0482. The molecular weight excluding hydrogens is 276 g/mol. The Morgan fingerprint density at radius 2 is 2.10 bits per heavy atom. The van der Waals surface area contributed by atoms with Gasteiger partial charge in [0.1, 0.15) is 5.82 Å². The van der Waals surface area contributed by atoms with E-state index in [2.05, 4.69) is 5.92 Å². The Labute approximate surface area is 112 Å². The first kappa shape index (κ1) is 14.2. The van der Waals surface area contributed by atoms with Gasteiger partial charge in [-0.1, -0.05) is 5.92 Å². The van der Waals surface area contributed by atoms with E-state index in [0.29, 0.717) is 0 Å². The van der Waals surface area contributed by atoms with Crippen molar-refractivity contribution in [3.63, 3.8) is 0 Å². The SMILES string of the molecule is C#CCN1C(=O)NC(C)(C(F)(F)F)c2cc(F)ccc21. The first-order chi connectivity index (χ1) is 9.20. The smallest absolute Gasteiger partial charge is 0.320 e. The van der Waals surface area contributed by atoms with Crippen LogP contribution < -0.4 is 10.2 Å². The highest BCUT2D eigenvalue weighted by molar-refractivity contribution is 5.96. The van der Waals surface area contributed by atoms with Crippen LogP contribution in [0.2, 0.25) is 0 Å². The second-order valence-electron chi connectivity index (χ2n) is 4.50. The molecule has 2 amide bonds. The van der Waals surface area contributed by atoms with Crippen LogP contribution in [0.3, 0.4) is 0 Å². The molecule has 1 aromatic carbocycles. The molecule has 1 N–H and O–H groups in total. The number of fused-ring (bicyclic) bond motifs is 1. The highest BCUT2D eigenvalue weighted by atomic mass is 19.4. The molecule has 0 radical (unpaired) electrons. The number of carbonyl (C=O) groups excluding carboxylic acids is 1. The van der Waals surface area contributed by atoms with Gasteiger partial charge < -0.3 is 5.32 Å². The zero-order valence-electron chi connectivity index (χ0n) is 10.4. The number of amides is 2. The second kappa shape index (κ2) is 4.40. The maximum atomic E-state index is 13.3. The van der Waals surface area contributed by atoms with Crippen molar-refractivity contribution in [1.29, 1.82) is 0 Å². The number of benzene rings is 1. The largest absolute Gasteiger partial charge is 0.415 e. The maximum absolute atomic E-state index is 13.3. The first-order valence-corrected chi connectivity index (χ1v) is 5.60. The number of nitrogens with zero attached hydrogens (tertiary/aromatic N) is 1. The molecule has 20 heavy (non-hydrogen) atoms. The normalized spacial score (nSPS) is 22.0. The van der Waals surface area contributed by atoms with Crippen LogP contribution in [0.15, 0.2) is 18.2 Å². The van der Waals surface area contributed by atoms with E-state index < -0.39 is 23.6 Å². The Morgan fingerprint density at radius 1 is 1.45 bits per heavy atom. The summed E-state index contributed by atoms with van der Waals surface area (Å²) in [5, 5.41) is 1.85. The zero-order chi connectivity index (χ0) is 15.1. The summed E-state index contributed by atoms with van der Waals surface area (Å²) in [7, 11) is 0. The topological polar surface area (TPSA) is 32.3 Å². The summed E-state index contributed by atoms with van der Waals surface area (Å²) in [6.07, 6.45) is 0.324. The van der Waals surface area contributed by atoms with Gasteiger partial charge in [-0.15, -0.1) is 6.42 Å². The maximum Gasteiger partial charge on any atom is 0.415 e. The average molecular weight is 286 g/mol. The molecule has 0 aliphatic carbocycles. The number of rotatable bonds is 1. The van der Waals surface area contributed by atoms with Crippen LogP contribution >= 0.6 is 0 Å². The number of halogens is 4. The molecule has 106 valence electrons. The van der Waals surface area contributed by atoms with Crippen molar-refractivity contribution in [1.82, 2.24) is 5.32 Å². The van der Waals surface area contributed by atoms with Crippen molar-refractivity contribution in [2.24, 2.45) is 0 Å². The molecule has 0 fully saturated rings. The minimum Gasteiger partial charge on any atom is -0.320 e. The molecule has 0 aromatic heterocycles.